The number of likely N-dealkylation sites (tertiary alicyclic amines) is 1. The molecule has 3 heterocycles. The molecule has 1 unspecified atom stereocenters. The third-order valence-electron chi connectivity index (χ3n) is 6.66. The molecule has 4 aromatic rings. The summed E-state index contributed by atoms with van der Waals surface area (Å²) in [4.78, 5) is 6.94. The van der Waals surface area contributed by atoms with E-state index in [0.29, 0.717) is 41.5 Å². The van der Waals surface area contributed by atoms with Crippen molar-refractivity contribution in [1.29, 1.82) is 0 Å². The van der Waals surface area contributed by atoms with Gasteiger partial charge >= 0.3 is 6.18 Å². The minimum Gasteiger partial charge on any atom is -0.507 e. The fourth-order valence-corrected chi connectivity index (χ4v) is 4.84. The van der Waals surface area contributed by atoms with E-state index in [0.717, 1.165) is 43.3 Å². The summed E-state index contributed by atoms with van der Waals surface area (Å²) in [5.41, 5.74) is 3.02. The molecule has 1 aliphatic heterocycles. The number of nitrogens with zero attached hydrogens (tertiary/aromatic N) is 4. The van der Waals surface area contributed by atoms with Crippen molar-refractivity contribution in [1.82, 2.24) is 19.5 Å². The lowest BCUT2D eigenvalue weighted by atomic mass is 9.97. The first-order valence-electron chi connectivity index (χ1n) is 12.0. The van der Waals surface area contributed by atoms with Crippen molar-refractivity contribution >= 4 is 24.8 Å². The largest absolute Gasteiger partial charge is 0.507 e. The molecule has 0 spiro atoms. The number of hydrogen-bond acceptors (Lipinski definition) is 5. The third kappa shape index (κ3) is 5.18. The molecule has 0 aliphatic carbocycles. The number of piperidine rings is 1. The summed E-state index contributed by atoms with van der Waals surface area (Å²) in [5.74, 6) is 1.27. The maximum atomic E-state index is 13.1. The topological polar surface area (TPSA) is 65.7 Å². The summed E-state index contributed by atoms with van der Waals surface area (Å²) in [6.45, 7) is 2.84. The highest BCUT2D eigenvalue weighted by molar-refractivity contribution is 6.36. The van der Waals surface area contributed by atoms with Crippen LogP contribution in [0.4, 0.5) is 19.0 Å². The molecule has 5 rings (SSSR count). The highest BCUT2D eigenvalue weighted by Crippen LogP contribution is 2.31. The molecular formula is C26H27BF3N5O. The predicted molar refractivity (Wildman–Crippen MR) is 136 cm³/mol. The minimum absolute atomic E-state index is 0.162. The number of hydrogen-bond donors (Lipinski definition) is 2. The molecule has 36 heavy (non-hydrogen) atoms. The number of halogens is 3. The van der Waals surface area contributed by atoms with Crippen molar-refractivity contribution in [2.24, 2.45) is 5.92 Å². The Hall–Kier alpha value is -3.53. The van der Waals surface area contributed by atoms with E-state index in [-0.39, 0.29) is 5.75 Å². The van der Waals surface area contributed by atoms with Crippen molar-refractivity contribution in [3.8, 4) is 17.0 Å². The highest BCUT2D eigenvalue weighted by Gasteiger charge is 2.30. The van der Waals surface area contributed by atoms with Crippen LogP contribution in [-0.4, -0.2) is 52.1 Å². The van der Waals surface area contributed by atoms with E-state index in [2.05, 4.69) is 15.3 Å². The van der Waals surface area contributed by atoms with Crippen LogP contribution >= 0.6 is 0 Å². The van der Waals surface area contributed by atoms with Crippen LogP contribution in [-0.2, 0) is 12.7 Å². The Morgan fingerprint density at radius 1 is 1.11 bits per heavy atom. The smallest absolute Gasteiger partial charge is 0.416 e. The van der Waals surface area contributed by atoms with Crippen LogP contribution in [0, 0.1) is 5.92 Å². The number of alkyl halides is 3. The summed E-state index contributed by atoms with van der Waals surface area (Å²) in [7, 11) is 1.94. The fraction of sp³-hybridized carbons (Fsp3) is 0.308. The number of nitrogens with one attached hydrogen (secondary N) is 1. The zero-order valence-electron chi connectivity index (χ0n) is 20.0. The van der Waals surface area contributed by atoms with E-state index < -0.39 is 11.7 Å². The van der Waals surface area contributed by atoms with Crippen LogP contribution in [0.15, 0.2) is 60.8 Å². The Bertz CT molecular complexity index is 1370. The quantitative estimate of drug-likeness (QED) is 0.401. The molecule has 0 saturated carbocycles. The van der Waals surface area contributed by atoms with Gasteiger partial charge < -0.3 is 10.4 Å². The maximum absolute atomic E-state index is 13.1. The zero-order chi connectivity index (χ0) is 25.3. The number of aromatic nitrogens is 3. The zero-order valence-corrected chi connectivity index (χ0v) is 20.0. The second kappa shape index (κ2) is 9.85. The van der Waals surface area contributed by atoms with Crippen molar-refractivity contribution in [2.75, 3.05) is 25.0 Å². The number of rotatable bonds is 6. The van der Waals surface area contributed by atoms with Gasteiger partial charge in [-0.15, -0.1) is 0 Å². The van der Waals surface area contributed by atoms with Gasteiger partial charge in [-0.1, -0.05) is 30.3 Å². The summed E-state index contributed by atoms with van der Waals surface area (Å²) >= 11 is 0. The van der Waals surface area contributed by atoms with Gasteiger partial charge in [-0.25, -0.2) is 4.98 Å². The Labute approximate surface area is 208 Å². The average Bonchev–Trinajstić information content (AvgIpc) is 3.23. The first-order valence-corrected chi connectivity index (χ1v) is 12.0. The predicted octanol–water partition coefficient (Wildman–Crippen LogP) is 3.70. The molecule has 1 aliphatic rings. The summed E-state index contributed by atoms with van der Waals surface area (Å²) < 4.78 is 41.0. The van der Waals surface area contributed by atoms with Gasteiger partial charge in [-0.2, -0.15) is 22.8 Å². The van der Waals surface area contributed by atoms with Crippen LogP contribution in [0.1, 0.15) is 24.0 Å². The second-order valence-corrected chi connectivity index (χ2v) is 9.43. The molecule has 10 heteroatoms. The van der Waals surface area contributed by atoms with E-state index in [9.17, 15) is 18.3 Å². The van der Waals surface area contributed by atoms with Gasteiger partial charge in [-0.05, 0) is 54.5 Å². The Balaban J connectivity index is 1.30. The summed E-state index contributed by atoms with van der Waals surface area (Å²) in [6, 6.07) is 14.6. The first kappa shape index (κ1) is 24.2. The van der Waals surface area contributed by atoms with Crippen LogP contribution in [0.25, 0.3) is 16.9 Å². The number of anilines is 1. The molecule has 1 fully saturated rings. The van der Waals surface area contributed by atoms with Crippen LogP contribution < -0.4 is 10.8 Å². The van der Waals surface area contributed by atoms with Gasteiger partial charge in [0.05, 0.1) is 11.3 Å². The number of benzene rings is 2. The molecule has 0 radical (unpaired) electrons. The van der Waals surface area contributed by atoms with E-state index in [1.165, 1.54) is 12.1 Å². The molecule has 1 saturated heterocycles. The second-order valence-electron chi connectivity index (χ2n) is 9.43. The molecule has 186 valence electrons. The molecule has 0 amide bonds. The maximum Gasteiger partial charge on any atom is 0.416 e. The molecule has 0 bridgehead atoms. The van der Waals surface area contributed by atoms with Crippen molar-refractivity contribution in [3.05, 3.63) is 71.9 Å². The van der Waals surface area contributed by atoms with E-state index in [1.54, 1.807) is 28.9 Å². The van der Waals surface area contributed by atoms with Gasteiger partial charge in [0.2, 0.25) is 0 Å². The number of phenolic OH excluding ortho intramolecular Hbond substituents is 1. The van der Waals surface area contributed by atoms with E-state index in [4.69, 9.17) is 4.98 Å². The van der Waals surface area contributed by atoms with Gasteiger partial charge in [0, 0.05) is 37.5 Å². The molecular weight excluding hydrogens is 466 g/mol. The summed E-state index contributed by atoms with van der Waals surface area (Å²) in [5, 5.41) is 18.3. The van der Waals surface area contributed by atoms with Gasteiger partial charge in [-0.3, -0.25) is 4.90 Å². The SMILES string of the molecule is Bc1cnn2c(NCC3CCCN(Cc4cccc(C(F)(F)F)c4)C3)cc(-c3ccccc3O)nc12. The lowest BCUT2D eigenvalue weighted by molar-refractivity contribution is -0.137. The highest BCUT2D eigenvalue weighted by atomic mass is 19.4. The Kier molecular flexibility index (Phi) is 6.62. The summed E-state index contributed by atoms with van der Waals surface area (Å²) in [6.07, 6.45) is -0.550. The molecule has 2 aromatic heterocycles. The normalized spacial score (nSPS) is 16.9. The first-order chi connectivity index (χ1) is 17.3. The van der Waals surface area contributed by atoms with Crippen molar-refractivity contribution in [3.63, 3.8) is 0 Å². The minimum atomic E-state index is -4.33. The van der Waals surface area contributed by atoms with Crippen LogP contribution in [0.2, 0.25) is 0 Å². The van der Waals surface area contributed by atoms with Crippen molar-refractivity contribution in [2.45, 2.75) is 25.6 Å². The van der Waals surface area contributed by atoms with Crippen LogP contribution in [0.3, 0.4) is 0 Å². The van der Waals surface area contributed by atoms with E-state index in [1.807, 2.05) is 26.0 Å². The van der Waals surface area contributed by atoms with E-state index >= 15 is 0 Å². The number of phenols is 1. The number of aromatic hydroxyl groups is 1. The van der Waals surface area contributed by atoms with Gasteiger partial charge in [0.15, 0.2) is 5.65 Å². The fourth-order valence-electron chi connectivity index (χ4n) is 4.84. The number of para-hydroxylation sites is 1. The standard InChI is InChI=1S/C26H27BF3N5O/c27-21-14-32-35-24(12-22(33-25(21)35)20-8-1-2-9-23(20)36)31-13-18-6-4-10-34(16-18)15-17-5-3-7-19(11-17)26(28,29)30/h1-3,5,7-9,11-12,14,18,31,36H,4,6,10,13,15-16,27H2. The van der Waals surface area contributed by atoms with Crippen molar-refractivity contribution < 1.29 is 18.3 Å². The lowest BCUT2D eigenvalue weighted by Crippen LogP contribution is -2.37. The average molecular weight is 493 g/mol. The molecule has 2 aromatic carbocycles. The molecule has 1 atom stereocenters. The van der Waals surface area contributed by atoms with Gasteiger partial charge in [0.1, 0.15) is 19.4 Å². The Morgan fingerprint density at radius 2 is 1.94 bits per heavy atom. The molecule has 6 nitrogen and oxygen atoms in total. The van der Waals surface area contributed by atoms with Crippen LogP contribution in [0.5, 0.6) is 5.75 Å². The monoisotopic (exact) mass is 493 g/mol. The Morgan fingerprint density at radius 3 is 2.75 bits per heavy atom. The third-order valence-corrected chi connectivity index (χ3v) is 6.66. The molecule has 2 N–H and O–H groups in total. The number of fused-ring (bicyclic) bond motifs is 1. The lowest BCUT2D eigenvalue weighted by Gasteiger charge is -2.33. The van der Waals surface area contributed by atoms with Gasteiger partial charge in [0.25, 0.3) is 0 Å².